The van der Waals surface area contributed by atoms with E-state index in [1.807, 2.05) is 74.5 Å². The number of halogens is 1. The van der Waals surface area contributed by atoms with Crippen LogP contribution in [0, 0.1) is 13.8 Å². The zero-order chi connectivity index (χ0) is 23.4. The third-order valence-corrected chi connectivity index (χ3v) is 6.33. The zero-order valence-corrected chi connectivity index (χ0v) is 20.1. The molecule has 0 atom stereocenters. The molecule has 33 heavy (non-hydrogen) atoms. The van der Waals surface area contributed by atoms with Crippen LogP contribution in [0.4, 0.5) is 5.69 Å². The lowest BCUT2D eigenvalue weighted by Gasteiger charge is -2.12. The van der Waals surface area contributed by atoms with Crippen LogP contribution in [-0.2, 0) is 11.4 Å². The first-order valence-corrected chi connectivity index (χ1v) is 11.5. The first-order chi connectivity index (χ1) is 15.9. The molecule has 5 nitrogen and oxygen atoms in total. The van der Waals surface area contributed by atoms with Gasteiger partial charge in [0.05, 0.1) is 17.7 Å². The highest BCUT2D eigenvalue weighted by atomic mass is 35.5. The monoisotopic (exact) mass is 478 g/mol. The van der Waals surface area contributed by atoms with Gasteiger partial charge in [-0.15, -0.1) is 0 Å². The number of amidine groups is 1. The third kappa shape index (κ3) is 5.59. The molecule has 3 aromatic carbocycles. The normalized spacial score (nSPS) is 15.7. The minimum Gasteiger partial charge on any atom is -0.493 e. The van der Waals surface area contributed by atoms with Gasteiger partial charge in [0.2, 0.25) is 0 Å². The van der Waals surface area contributed by atoms with Gasteiger partial charge in [-0.3, -0.25) is 4.79 Å². The van der Waals surface area contributed by atoms with Crippen molar-refractivity contribution in [2.45, 2.75) is 20.5 Å². The van der Waals surface area contributed by atoms with E-state index in [9.17, 15) is 4.79 Å². The van der Waals surface area contributed by atoms with Gasteiger partial charge in [-0.2, -0.15) is 0 Å². The Morgan fingerprint density at radius 2 is 1.88 bits per heavy atom. The van der Waals surface area contributed by atoms with Gasteiger partial charge in [0, 0.05) is 10.6 Å². The van der Waals surface area contributed by atoms with Crippen LogP contribution in [0.25, 0.3) is 6.08 Å². The molecule has 4 rings (SSSR count). The summed E-state index contributed by atoms with van der Waals surface area (Å²) in [6.07, 6.45) is 1.81. The Labute approximate surface area is 202 Å². The predicted molar refractivity (Wildman–Crippen MR) is 135 cm³/mol. The second kappa shape index (κ2) is 10.1. The van der Waals surface area contributed by atoms with E-state index >= 15 is 0 Å². The Morgan fingerprint density at radius 1 is 1.06 bits per heavy atom. The second-order valence-electron chi connectivity index (χ2n) is 7.56. The molecule has 7 heteroatoms. The van der Waals surface area contributed by atoms with E-state index in [0.29, 0.717) is 33.2 Å². The number of hydrogen-bond donors (Lipinski definition) is 1. The summed E-state index contributed by atoms with van der Waals surface area (Å²) in [6, 6.07) is 19.1. The molecular formula is C26H23ClN2O3S. The number of rotatable bonds is 6. The van der Waals surface area contributed by atoms with E-state index in [4.69, 9.17) is 21.1 Å². The van der Waals surface area contributed by atoms with Crippen LogP contribution >= 0.6 is 23.4 Å². The highest BCUT2D eigenvalue weighted by molar-refractivity contribution is 8.18. The number of aryl methyl sites for hydroxylation is 2. The van der Waals surface area contributed by atoms with Gasteiger partial charge in [0.25, 0.3) is 5.91 Å². The van der Waals surface area contributed by atoms with Crippen molar-refractivity contribution in [3.05, 3.63) is 92.8 Å². The molecular weight excluding hydrogens is 456 g/mol. The van der Waals surface area contributed by atoms with E-state index in [1.165, 1.54) is 17.3 Å². The first-order valence-electron chi connectivity index (χ1n) is 10.3. The second-order valence-corrected chi connectivity index (χ2v) is 9.00. The van der Waals surface area contributed by atoms with E-state index < -0.39 is 0 Å². The van der Waals surface area contributed by atoms with Gasteiger partial charge >= 0.3 is 0 Å². The molecule has 1 saturated heterocycles. The minimum absolute atomic E-state index is 0.179. The zero-order valence-electron chi connectivity index (χ0n) is 18.5. The SMILES string of the molecule is COc1cc(/C=C2\SC(=Nc3ccc(C)cc3C)NC2=O)ccc1OCc1ccccc1Cl. The smallest absolute Gasteiger partial charge is 0.264 e. The van der Waals surface area contributed by atoms with E-state index in [-0.39, 0.29) is 5.91 Å². The lowest BCUT2D eigenvalue weighted by Crippen LogP contribution is -2.19. The van der Waals surface area contributed by atoms with Gasteiger partial charge in [0.1, 0.15) is 6.61 Å². The summed E-state index contributed by atoms with van der Waals surface area (Å²) in [5, 5.41) is 4.05. The fourth-order valence-corrected chi connectivity index (χ4v) is 4.36. The Morgan fingerprint density at radius 3 is 2.64 bits per heavy atom. The van der Waals surface area contributed by atoms with Crippen LogP contribution in [0.15, 0.2) is 70.6 Å². The Hall–Kier alpha value is -3.22. The lowest BCUT2D eigenvalue weighted by molar-refractivity contribution is -0.115. The first kappa shape index (κ1) is 23.0. The molecule has 0 radical (unpaired) electrons. The summed E-state index contributed by atoms with van der Waals surface area (Å²) in [5.41, 5.74) is 4.79. The van der Waals surface area contributed by atoms with Crippen LogP contribution in [0.1, 0.15) is 22.3 Å². The number of amides is 1. The molecule has 0 saturated carbocycles. The van der Waals surface area contributed by atoms with Gasteiger partial charge < -0.3 is 14.8 Å². The van der Waals surface area contributed by atoms with E-state index in [2.05, 4.69) is 16.4 Å². The summed E-state index contributed by atoms with van der Waals surface area (Å²) < 4.78 is 11.4. The average molecular weight is 479 g/mol. The van der Waals surface area contributed by atoms with Crippen molar-refractivity contribution in [1.29, 1.82) is 0 Å². The summed E-state index contributed by atoms with van der Waals surface area (Å²) in [7, 11) is 1.58. The van der Waals surface area contributed by atoms with Crippen LogP contribution in [-0.4, -0.2) is 18.2 Å². The predicted octanol–water partition coefficient (Wildman–Crippen LogP) is 6.44. The van der Waals surface area contributed by atoms with Crippen molar-refractivity contribution < 1.29 is 14.3 Å². The largest absolute Gasteiger partial charge is 0.493 e. The Balaban J connectivity index is 1.50. The fourth-order valence-electron chi connectivity index (χ4n) is 3.34. The molecule has 1 aliphatic rings. The van der Waals surface area contributed by atoms with Crippen molar-refractivity contribution in [2.75, 3.05) is 7.11 Å². The molecule has 0 unspecified atom stereocenters. The number of benzene rings is 3. The molecule has 0 aliphatic carbocycles. The van der Waals surface area contributed by atoms with Crippen molar-refractivity contribution in [1.82, 2.24) is 5.32 Å². The number of aliphatic imine (C=N–C) groups is 1. The van der Waals surface area contributed by atoms with Crippen LogP contribution in [0.5, 0.6) is 11.5 Å². The van der Waals surface area contributed by atoms with Crippen molar-refractivity contribution in [3.8, 4) is 11.5 Å². The molecule has 1 fully saturated rings. The molecule has 1 aliphatic heterocycles. The van der Waals surface area contributed by atoms with Crippen LogP contribution in [0.3, 0.4) is 0 Å². The molecule has 1 amide bonds. The van der Waals surface area contributed by atoms with Crippen LogP contribution < -0.4 is 14.8 Å². The van der Waals surface area contributed by atoms with E-state index in [1.54, 1.807) is 7.11 Å². The number of carbonyl (C=O) groups is 1. The quantitative estimate of drug-likeness (QED) is 0.414. The molecule has 3 aromatic rings. The number of thioether (sulfide) groups is 1. The number of carbonyl (C=O) groups excluding carboxylic acids is 1. The topological polar surface area (TPSA) is 59.9 Å². The summed E-state index contributed by atoms with van der Waals surface area (Å²) in [4.78, 5) is 17.6. The minimum atomic E-state index is -0.179. The fraction of sp³-hybridized carbons (Fsp3) is 0.154. The van der Waals surface area contributed by atoms with Crippen LogP contribution in [0.2, 0.25) is 5.02 Å². The standard InChI is InChI=1S/C26H23ClN2O3S/c1-16-8-10-21(17(2)12-16)28-26-29-25(30)24(33-26)14-18-9-11-22(23(13-18)31-3)32-15-19-6-4-5-7-20(19)27/h4-14H,15H2,1-3H3,(H,28,29,30)/b24-14-. The molecule has 0 spiro atoms. The molecule has 168 valence electrons. The molecule has 0 aromatic heterocycles. The van der Waals surface area contributed by atoms with Gasteiger partial charge in [-0.1, -0.05) is 53.6 Å². The molecule has 1 N–H and O–H groups in total. The molecule has 1 heterocycles. The number of nitrogens with zero attached hydrogens (tertiary/aromatic N) is 1. The van der Waals surface area contributed by atoms with Crippen molar-refractivity contribution in [2.24, 2.45) is 4.99 Å². The number of ether oxygens (including phenoxy) is 2. The summed E-state index contributed by atoms with van der Waals surface area (Å²) >= 11 is 7.52. The Kier molecular flexibility index (Phi) is 7.06. The maximum atomic E-state index is 12.5. The highest BCUT2D eigenvalue weighted by Gasteiger charge is 2.24. The summed E-state index contributed by atoms with van der Waals surface area (Å²) in [5.74, 6) is 0.991. The summed E-state index contributed by atoms with van der Waals surface area (Å²) in [6.45, 7) is 4.37. The maximum absolute atomic E-state index is 12.5. The maximum Gasteiger partial charge on any atom is 0.264 e. The van der Waals surface area contributed by atoms with Crippen molar-refractivity contribution in [3.63, 3.8) is 0 Å². The van der Waals surface area contributed by atoms with Crippen molar-refractivity contribution >= 4 is 46.2 Å². The highest BCUT2D eigenvalue weighted by Crippen LogP contribution is 2.33. The number of hydrogen-bond acceptors (Lipinski definition) is 5. The van der Waals surface area contributed by atoms with Gasteiger partial charge in [0.15, 0.2) is 16.7 Å². The average Bonchev–Trinajstić information content (AvgIpc) is 3.14. The van der Waals surface area contributed by atoms with E-state index in [0.717, 1.165) is 22.4 Å². The third-order valence-electron chi connectivity index (χ3n) is 5.05. The van der Waals surface area contributed by atoms with Gasteiger partial charge in [-0.05, 0) is 67.1 Å². The Bertz CT molecular complexity index is 1270. The number of methoxy groups -OCH3 is 1. The lowest BCUT2D eigenvalue weighted by atomic mass is 10.1. The molecule has 0 bridgehead atoms. The number of nitrogens with one attached hydrogen (secondary N) is 1. The van der Waals surface area contributed by atoms with Gasteiger partial charge in [-0.25, -0.2) is 4.99 Å².